The van der Waals surface area contributed by atoms with Crippen molar-refractivity contribution in [3.05, 3.63) is 77.4 Å². The predicted molar refractivity (Wildman–Crippen MR) is 117 cm³/mol. The molecular weight excluding hydrogens is 411 g/mol. The van der Waals surface area contributed by atoms with Crippen LogP contribution in [0, 0.1) is 17.1 Å². The third kappa shape index (κ3) is 5.03. The van der Waals surface area contributed by atoms with Gasteiger partial charge >= 0.3 is 5.97 Å². The van der Waals surface area contributed by atoms with Crippen LogP contribution in [-0.4, -0.2) is 23.7 Å². The zero-order valence-electron chi connectivity index (χ0n) is 18.3. The average Bonchev–Trinajstić information content (AvgIpc) is 2.76. The van der Waals surface area contributed by atoms with Gasteiger partial charge in [0, 0.05) is 11.1 Å². The third-order valence-corrected chi connectivity index (χ3v) is 4.44. The van der Waals surface area contributed by atoms with Crippen molar-refractivity contribution in [1.82, 2.24) is 4.98 Å². The van der Waals surface area contributed by atoms with Crippen molar-refractivity contribution in [2.45, 2.75) is 33.0 Å². The van der Waals surface area contributed by atoms with E-state index in [1.165, 1.54) is 25.4 Å². The van der Waals surface area contributed by atoms with Crippen LogP contribution in [0.3, 0.4) is 0 Å². The number of methoxy groups -OCH3 is 1. The molecule has 3 rings (SSSR count). The Kier molecular flexibility index (Phi) is 6.74. The number of halogens is 1. The second kappa shape index (κ2) is 9.48. The third-order valence-electron chi connectivity index (χ3n) is 4.44. The fourth-order valence-electron chi connectivity index (χ4n) is 3.08. The minimum absolute atomic E-state index is 0.0105. The van der Waals surface area contributed by atoms with Crippen molar-refractivity contribution < 1.29 is 23.4 Å². The van der Waals surface area contributed by atoms with Crippen LogP contribution in [0.1, 0.15) is 42.4 Å². The lowest BCUT2D eigenvalue weighted by Gasteiger charge is -2.22. The van der Waals surface area contributed by atoms with E-state index in [1.807, 2.05) is 36.4 Å². The van der Waals surface area contributed by atoms with Gasteiger partial charge in [0.15, 0.2) is 17.3 Å². The van der Waals surface area contributed by atoms with Gasteiger partial charge in [0.25, 0.3) is 0 Å². The van der Waals surface area contributed by atoms with E-state index in [4.69, 9.17) is 14.2 Å². The number of nitriles is 1. The topological polar surface area (TPSA) is 81.4 Å². The Morgan fingerprint density at radius 1 is 1.09 bits per heavy atom. The molecular formula is C25H23FN2O4. The van der Waals surface area contributed by atoms with Gasteiger partial charge in [-0.1, -0.05) is 42.5 Å². The monoisotopic (exact) mass is 434 g/mol. The molecule has 0 unspecified atom stereocenters. The highest BCUT2D eigenvalue weighted by molar-refractivity contribution is 6.01. The maximum atomic E-state index is 15.2. The number of carbonyl (C=O) groups excluding carboxylic acids is 1. The molecule has 0 fully saturated rings. The smallest absolute Gasteiger partial charge is 0.343 e. The second-order valence-corrected chi connectivity index (χ2v) is 7.93. The van der Waals surface area contributed by atoms with E-state index in [0.29, 0.717) is 0 Å². The molecule has 0 N–H and O–H groups in total. The summed E-state index contributed by atoms with van der Waals surface area (Å²) in [4.78, 5) is 17.3. The number of aromatic nitrogens is 1. The number of hydrogen-bond acceptors (Lipinski definition) is 6. The first-order valence-electron chi connectivity index (χ1n) is 9.91. The van der Waals surface area contributed by atoms with Crippen LogP contribution in [0.15, 0.2) is 54.7 Å². The summed E-state index contributed by atoms with van der Waals surface area (Å²) in [7, 11) is 1.33. The molecule has 0 aliphatic rings. The summed E-state index contributed by atoms with van der Waals surface area (Å²) in [6.07, 6.45) is 1.28. The first-order valence-corrected chi connectivity index (χ1v) is 9.91. The van der Waals surface area contributed by atoms with Crippen LogP contribution < -0.4 is 9.47 Å². The molecule has 0 radical (unpaired) electrons. The average molecular weight is 434 g/mol. The maximum Gasteiger partial charge on any atom is 0.343 e. The minimum atomic E-state index is -0.825. The molecule has 0 spiro atoms. The first-order chi connectivity index (χ1) is 15.2. The Hall–Kier alpha value is -3.92. The highest BCUT2D eigenvalue weighted by atomic mass is 19.1. The van der Waals surface area contributed by atoms with Crippen LogP contribution in [0.2, 0.25) is 0 Å². The Labute approximate surface area is 186 Å². The van der Waals surface area contributed by atoms with Crippen LogP contribution in [0.5, 0.6) is 11.5 Å². The standard InChI is InChI=1S/C25H23FN2O4/c1-25(2,3)32-24(29)22-20(31-15-16-9-6-5-7-10-16)14-28-18(13-27)21(22)17-11-8-12-19(30-4)23(17)26/h5-12,14H,15H2,1-4H3. The van der Waals surface area contributed by atoms with E-state index in [9.17, 15) is 10.1 Å². The zero-order chi connectivity index (χ0) is 23.3. The van der Waals surface area contributed by atoms with E-state index in [0.717, 1.165) is 5.56 Å². The Balaban J connectivity index is 2.21. The van der Waals surface area contributed by atoms with E-state index >= 15 is 4.39 Å². The van der Waals surface area contributed by atoms with Gasteiger partial charge in [-0.3, -0.25) is 0 Å². The summed E-state index contributed by atoms with van der Waals surface area (Å²) >= 11 is 0. The highest BCUT2D eigenvalue weighted by Crippen LogP contribution is 2.38. The molecule has 32 heavy (non-hydrogen) atoms. The number of hydrogen-bond donors (Lipinski definition) is 0. The van der Waals surface area contributed by atoms with Gasteiger partial charge in [0.2, 0.25) is 0 Å². The predicted octanol–water partition coefficient (Wildman–Crippen LogP) is 5.30. The lowest BCUT2D eigenvalue weighted by atomic mass is 9.96. The summed E-state index contributed by atoms with van der Waals surface area (Å²) in [5, 5.41) is 9.68. The molecule has 164 valence electrons. The number of ether oxygens (including phenoxy) is 3. The highest BCUT2D eigenvalue weighted by Gasteiger charge is 2.29. The zero-order valence-corrected chi connectivity index (χ0v) is 18.3. The van der Waals surface area contributed by atoms with Gasteiger partial charge in [-0.2, -0.15) is 5.26 Å². The molecule has 1 heterocycles. The largest absolute Gasteiger partial charge is 0.494 e. The molecule has 7 heteroatoms. The molecule has 1 aromatic heterocycles. The molecule has 0 saturated carbocycles. The molecule has 0 aliphatic carbocycles. The van der Waals surface area contributed by atoms with E-state index < -0.39 is 17.4 Å². The van der Waals surface area contributed by atoms with Crippen molar-refractivity contribution in [1.29, 1.82) is 5.26 Å². The van der Waals surface area contributed by atoms with Crippen LogP contribution in [0.4, 0.5) is 4.39 Å². The van der Waals surface area contributed by atoms with Crippen LogP contribution in [-0.2, 0) is 11.3 Å². The quantitative estimate of drug-likeness (QED) is 0.490. The summed E-state index contributed by atoms with van der Waals surface area (Å²) in [6.45, 7) is 5.29. The molecule has 6 nitrogen and oxygen atoms in total. The van der Waals surface area contributed by atoms with Crippen molar-refractivity contribution in [3.8, 4) is 28.7 Å². The van der Waals surface area contributed by atoms with Crippen molar-refractivity contribution in [2.75, 3.05) is 7.11 Å². The number of pyridine rings is 1. The lowest BCUT2D eigenvalue weighted by Crippen LogP contribution is -2.25. The molecule has 3 aromatic rings. The van der Waals surface area contributed by atoms with Crippen molar-refractivity contribution >= 4 is 5.97 Å². The summed E-state index contributed by atoms with van der Waals surface area (Å²) in [6, 6.07) is 15.7. The van der Waals surface area contributed by atoms with E-state index in [-0.39, 0.29) is 40.5 Å². The number of carbonyl (C=O) groups is 1. The Bertz CT molecular complexity index is 1170. The molecule has 0 saturated heterocycles. The van der Waals surface area contributed by atoms with E-state index in [1.54, 1.807) is 26.8 Å². The Morgan fingerprint density at radius 2 is 1.81 bits per heavy atom. The lowest BCUT2D eigenvalue weighted by molar-refractivity contribution is 0.00662. The van der Waals surface area contributed by atoms with Gasteiger partial charge in [-0.15, -0.1) is 0 Å². The number of rotatable bonds is 6. The number of esters is 1. The van der Waals surface area contributed by atoms with Crippen LogP contribution in [0.25, 0.3) is 11.1 Å². The SMILES string of the molecule is COc1cccc(-c2c(C#N)ncc(OCc3ccccc3)c2C(=O)OC(C)(C)C)c1F. The first kappa shape index (κ1) is 22.8. The summed E-state index contributed by atoms with van der Waals surface area (Å²) in [5.41, 5.74) is -0.197. The van der Waals surface area contributed by atoms with Crippen molar-refractivity contribution in [2.24, 2.45) is 0 Å². The minimum Gasteiger partial charge on any atom is -0.494 e. The summed E-state index contributed by atoms with van der Waals surface area (Å²) < 4.78 is 31.7. The van der Waals surface area contributed by atoms with Gasteiger partial charge in [-0.25, -0.2) is 14.2 Å². The molecule has 0 aliphatic heterocycles. The second-order valence-electron chi connectivity index (χ2n) is 7.93. The van der Waals surface area contributed by atoms with Crippen LogP contribution >= 0.6 is 0 Å². The number of benzene rings is 2. The molecule has 0 bridgehead atoms. The van der Waals surface area contributed by atoms with Crippen molar-refractivity contribution in [3.63, 3.8) is 0 Å². The normalized spacial score (nSPS) is 10.9. The maximum absolute atomic E-state index is 15.2. The van der Waals surface area contributed by atoms with Gasteiger partial charge in [-0.05, 0) is 32.4 Å². The van der Waals surface area contributed by atoms with E-state index in [2.05, 4.69) is 4.98 Å². The summed E-state index contributed by atoms with van der Waals surface area (Å²) in [5.74, 6) is -1.42. The van der Waals surface area contributed by atoms with Gasteiger partial charge < -0.3 is 14.2 Å². The number of nitrogens with zero attached hydrogens (tertiary/aromatic N) is 2. The Morgan fingerprint density at radius 3 is 2.44 bits per heavy atom. The fourth-order valence-corrected chi connectivity index (χ4v) is 3.08. The fraction of sp³-hybridized carbons (Fsp3) is 0.240. The van der Waals surface area contributed by atoms with Gasteiger partial charge in [0.1, 0.15) is 29.5 Å². The molecule has 2 aromatic carbocycles. The molecule has 0 amide bonds. The van der Waals surface area contributed by atoms with Gasteiger partial charge in [0.05, 0.1) is 13.3 Å². The molecule has 0 atom stereocenters.